The molecule has 0 saturated heterocycles. The van der Waals surface area contributed by atoms with Crippen molar-refractivity contribution in [1.82, 2.24) is 15.6 Å². The highest BCUT2D eigenvalue weighted by molar-refractivity contribution is 5.95. The van der Waals surface area contributed by atoms with Crippen molar-refractivity contribution in [3.05, 3.63) is 89.4 Å². The largest absolute Gasteiger partial charge is 0.500 e. The number of carbonyl (C=O) groups excluding carboxylic acids is 2. The van der Waals surface area contributed by atoms with Gasteiger partial charge >= 0.3 is 0 Å². The first-order valence-electron chi connectivity index (χ1n) is 11.7. The van der Waals surface area contributed by atoms with Gasteiger partial charge in [-0.1, -0.05) is 12.6 Å². The summed E-state index contributed by atoms with van der Waals surface area (Å²) in [5, 5.41) is 8.20. The second-order valence-corrected chi connectivity index (χ2v) is 8.39. The summed E-state index contributed by atoms with van der Waals surface area (Å²) >= 11 is 0. The molecular formula is C27H32FN5O3. The summed E-state index contributed by atoms with van der Waals surface area (Å²) in [5.74, 6) is -0.0949. The maximum Gasteiger partial charge on any atom is 0.254 e. The van der Waals surface area contributed by atoms with E-state index in [1.165, 1.54) is 24.8 Å². The average molecular weight is 494 g/mol. The fraction of sp³-hybridized carbons (Fsp3) is 0.296. The molecule has 1 unspecified atom stereocenters. The molecular weight excluding hydrogens is 461 g/mol. The molecule has 1 heterocycles. The fourth-order valence-corrected chi connectivity index (χ4v) is 3.82. The molecule has 0 aliphatic heterocycles. The lowest BCUT2D eigenvalue weighted by atomic mass is 9.90. The number of hydrogen-bond acceptors (Lipinski definition) is 6. The van der Waals surface area contributed by atoms with Crippen LogP contribution in [0.25, 0.3) is 0 Å². The second-order valence-electron chi connectivity index (χ2n) is 8.39. The van der Waals surface area contributed by atoms with E-state index < -0.39 is 17.8 Å². The molecule has 0 spiro atoms. The van der Waals surface area contributed by atoms with Gasteiger partial charge in [-0.25, -0.2) is 9.37 Å². The Morgan fingerprint density at radius 2 is 2.08 bits per heavy atom. The van der Waals surface area contributed by atoms with E-state index in [4.69, 9.17) is 4.74 Å². The zero-order chi connectivity index (χ0) is 26.1. The lowest BCUT2D eigenvalue weighted by molar-refractivity contribution is -0.108. The van der Waals surface area contributed by atoms with Gasteiger partial charge in [-0.3, -0.25) is 9.59 Å². The number of halogens is 1. The van der Waals surface area contributed by atoms with Crippen LogP contribution in [0.15, 0.2) is 72.4 Å². The molecule has 2 amide bonds. The molecule has 1 aromatic carbocycles. The first kappa shape index (κ1) is 26.5. The van der Waals surface area contributed by atoms with Crippen LogP contribution < -0.4 is 20.9 Å². The fourth-order valence-electron chi connectivity index (χ4n) is 3.82. The predicted molar refractivity (Wildman–Crippen MR) is 139 cm³/mol. The minimum Gasteiger partial charge on any atom is -0.500 e. The Kier molecular flexibility index (Phi) is 9.21. The molecule has 3 N–H and O–H groups in total. The van der Waals surface area contributed by atoms with Crippen molar-refractivity contribution in [1.29, 1.82) is 0 Å². The third kappa shape index (κ3) is 6.50. The van der Waals surface area contributed by atoms with E-state index in [1.807, 2.05) is 30.2 Å². The Morgan fingerprint density at radius 3 is 2.64 bits per heavy atom. The maximum absolute atomic E-state index is 14.4. The van der Waals surface area contributed by atoms with Gasteiger partial charge in [0.15, 0.2) is 0 Å². The molecule has 36 heavy (non-hydrogen) atoms. The lowest BCUT2D eigenvalue weighted by Crippen LogP contribution is -2.38. The third-order valence-electron chi connectivity index (χ3n) is 6.14. The van der Waals surface area contributed by atoms with Gasteiger partial charge < -0.3 is 25.6 Å². The normalized spacial score (nSPS) is 13.4. The number of hydrogen-bond donors (Lipinski definition) is 3. The van der Waals surface area contributed by atoms with Crippen LogP contribution in [0.4, 0.5) is 15.9 Å². The van der Waals surface area contributed by atoms with Gasteiger partial charge in [-0.2, -0.15) is 0 Å². The zero-order valence-corrected chi connectivity index (χ0v) is 20.8. The van der Waals surface area contributed by atoms with Crippen molar-refractivity contribution >= 4 is 23.8 Å². The van der Waals surface area contributed by atoms with Gasteiger partial charge in [0.2, 0.25) is 6.41 Å². The molecule has 1 aliphatic carbocycles. The Morgan fingerprint density at radius 1 is 1.31 bits per heavy atom. The molecule has 2 aromatic rings. The highest BCUT2D eigenvalue weighted by Gasteiger charge is 2.21. The molecule has 8 nitrogen and oxygen atoms in total. The first-order valence-corrected chi connectivity index (χ1v) is 11.7. The highest BCUT2D eigenvalue weighted by atomic mass is 19.1. The summed E-state index contributed by atoms with van der Waals surface area (Å²) in [6.07, 6.45) is 9.38. The molecule has 190 valence electrons. The van der Waals surface area contributed by atoms with Crippen molar-refractivity contribution in [3.63, 3.8) is 0 Å². The zero-order valence-electron chi connectivity index (χ0n) is 20.8. The van der Waals surface area contributed by atoms with Crippen LogP contribution in [0.3, 0.4) is 0 Å². The summed E-state index contributed by atoms with van der Waals surface area (Å²) in [6, 6.07) is 7.56. The van der Waals surface area contributed by atoms with Gasteiger partial charge in [0.05, 0.1) is 18.7 Å². The van der Waals surface area contributed by atoms with E-state index >= 15 is 0 Å². The van der Waals surface area contributed by atoms with Crippen LogP contribution >= 0.6 is 0 Å². The standard InChI is InChI=1S/C27H32FN5O3/c1-18(36-4)24(32-27(35)22-10-9-21(29-2)15-23(22)28)14-19-8-11-26(31-16-19)33(3)25(12-13-30-17-34)20-6-5-7-20/h8-13,15-17,24,29H,1,5-7,14H2,2-4H3,(H,30,34)(H,32,35)/b13-12-. The van der Waals surface area contributed by atoms with E-state index in [1.54, 1.807) is 25.5 Å². The Bertz CT molecular complexity index is 1150. The van der Waals surface area contributed by atoms with Crippen molar-refractivity contribution in [2.75, 3.05) is 31.4 Å². The van der Waals surface area contributed by atoms with Crippen molar-refractivity contribution in [2.24, 2.45) is 0 Å². The van der Waals surface area contributed by atoms with E-state index in [9.17, 15) is 14.0 Å². The van der Waals surface area contributed by atoms with Gasteiger partial charge in [0.25, 0.3) is 5.91 Å². The number of aromatic nitrogens is 1. The number of carbonyl (C=O) groups is 2. The minimum atomic E-state index is -0.621. The van der Waals surface area contributed by atoms with Gasteiger partial charge in [-0.15, -0.1) is 0 Å². The Balaban J connectivity index is 1.74. The SMILES string of the molecule is C=C(OC)C(Cc1ccc(N(C)C(/C=C\NC=O)=C2CCC2)nc1)NC(=O)c1ccc(NC)cc1F. The number of rotatable bonds is 12. The van der Waals surface area contributed by atoms with E-state index in [0.717, 1.165) is 36.3 Å². The average Bonchev–Trinajstić information content (AvgIpc) is 2.86. The smallest absolute Gasteiger partial charge is 0.254 e. The van der Waals surface area contributed by atoms with E-state index in [-0.39, 0.29) is 5.56 Å². The van der Waals surface area contributed by atoms with Crippen LogP contribution in [0.2, 0.25) is 0 Å². The Labute approximate surface area is 210 Å². The minimum absolute atomic E-state index is 0.0633. The molecule has 1 aromatic heterocycles. The number of amides is 2. The summed E-state index contributed by atoms with van der Waals surface area (Å²) in [7, 11) is 5.08. The molecule has 9 heteroatoms. The molecule has 1 saturated carbocycles. The number of benzene rings is 1. The monoisotopic (exact) mass is 493 g/mol. The number of nitrogens with one attached hydrogen (secondary N) is 3. The van der Waals surface area contributed by atoms with Crippen LogP contribution in [0, 0.1) is 5.82 Å². The summed E-state index contributed by atoms with van der Waals surface area (Å²) < 4.78 is 19.7. The van der Waals surface area contributed by atoms with Gasteiger partial charge in [0.1, 0.15) is 17.4 Å². The van der Waals surface area contributed by atoms with Crippen molar-refractivity contribution < 1.29 is 18.7 Å². The van der Waals surface area contributed by atoms with Crippen LogP contribution in [0.5, 0.6) is 0 Å². The van der Waals surface area contributed by atoms with Crippen LogP contribution in [-0.4, -0.2) is 44.5 Å². The summed E-state index contributed by atoms with van der Waals surface area (Å²) in [5.41, 5.74) is 3.66. The second kappa shape index (κ2) is 12.5. The third-order valence-corrected chi connectivity index (χ3v) is 6.14. The lowest BCUT2D eigenvalue weighted by Gasteiger charge is -2.27. The Hall–Kier alpha value is -4.14. The number of methoxy groups -OCH3 is 1. The molecule has 0 radical (unpaired) electrons. The number of nitrogens with zero attached hydrogens (tertiary/aromatic N) is 2. The topological polar surface area (TPSA) is 95.6 Å². The number of anilines is 2. The number of likely N-dealkylation sites (N-methyl/N-ethyl adjacent to an activating group) is 1. The predicted octanol–water partition coefficient (Wildman–Crippen LogP) is 3.90. The van der Waals surface area contributed by atoms with Gasteiger partial charge in [0, 0.05) is 44.3 Å². The highest BCUT2D eigenvalue weighted by Crippen LogP contribution is 2.32. The quantitative estimate of drug-likeness (QED) is 0.307. The van der Waals surface area contributed by atoms with E-state index in [0.29, 0.717) is 24.3 Å². The van der Waals surface area contributed by atoms with Crippen LogP contribution in [-0.2, 0) is 16.0 Å². The summed E-state index contributed by atoms with van der Waals surface area (Å²) in [4.78, 5) is 30.0. The van der Waals surface area contributed by atoms with E-state index in [2.05, 4.69) is 27.5 Å². The maximum atomic E-state index is 14.4. The number of allylic oxidation sites excluding steroid dienone is 2. The number of ether oxygens (including phenoxy) is 1. The first-order chi connectivity index (χ1) is 17.4. The summed E-state index contributed by atoms with van der Waals surface area (Å²) in [6.45, 7) is 3.89. The molecule has 3 rings (SSSR count). The molecule has 0 bridgehead atoms. The van der Waals surface area contributed by atoms with Crippen LogP contribution in [0.1, 0.15) is 35.2 Å². The van der Waals surface area contributed by atoms with Gasteiger partial charge in [-0.05, 0) is 60.7 Å². The van der Waals surface area contributed by atoms with Crippen molar-refractivity contribution in [2.45, 2.75) is 31.7 Å². The number of pyridine rings is 1. The van der Waals surface area contributed by atoms with Crippen molar-refractivity contribution in [3.8, 4) is 0 Å². The molecule has 1 fully saturated rings. The molecule has 1 aliphatic rings. The molecule has 1 atom stereocenters.